The highest BCUT2D eigenvalue weighted by atomic mass is 19.1. The Morgan fingerprint density at radius 3 is 2.69 bits per heavy atom. The van der Waals surface area contributed by atoms with Gasteiger partial charge < -0.3 is 4.74 Å². The minimum absolute atomic E-state index is 0.225. The lowest BCUT2D eigenvalue weighted by Gasteiger charge is -2.05. The molecular formula is C9H9FN4O2. The van der Waals surface area contributed by atoms with Gasteiger partial charge in [-0.05, 0) is 22.6 Å². The second kappa shape index (κ2) is 3.76. The molecule has 1 aromatic heterocycles. The number of methoxy groups -OCH3 is 1. The minimum Gasteiger partial charge on any atom is -0.494 e. The standard InChI is InChI=1S/C9H9FN4O2/c1-13-9(15)14(12-11-13)7-4-3-6(10)5-8(7)16-2/h3-5H,1-2H3. The third kappa shape index (κ3) is 1.56. The molecule has 1 heterocycles. The molecule has 6 nitrogen and oxygen atoms in total. The van der Waals surface area contributed by atoms with Crippen LogP contribution in [-0.2, 0) is 7.05 Å². The Morgan fingerprint density at radius 2 is 2.12 bits per heavy atom. The van der Waals surface area contributed by atoms with Crippen molar-refractivity contribution in [3.8, 4) is 11.4 Å². The van der Waals surface area contributed by atoms with Gasteiger partial charge in [0.25, 0.3) is 0 Å². The smallest absolute Gasteiger partial charge is 0.368 e. The van der Waals surface area contributed by atoms with E-state index in [-0.39, 0.29) is 5.75 Å². The topological polar surface area (TPSA) is 61.9 Å². The summed E-state index contributed by atoms with van der Waals surface area (Å²) >= 11 is 0. The first-order valence-electron chi connectivity index (χ1n) is 4.46. The van der Waals surface area contributed by atoms with Crippen molar-refractivity contribution in [2.24, 2.45) is 7.05 Å². The van der Waals surface area contributed by atoms with Crippen LogP contribution in [0, 0.1) is 5.82 Å². The van der Waals surface area contributed by atoms with Gasteiger partial charge in [0.1, 0.15) is 17.3 Å². The maximum atomic E-state index is 12.9. The van der Waals surface area contributed by atoms with Gasteiger partial charge in [0.05, 0.1) is 7.11 Å². The molecule has 0 aliphatic rings. The third-order valence-electron chi connectivity index (χ3n) is 2.09. The van der Waals surface area contributed by atoms with Crippen molar-refractivity contribution >= 4 is 0 Å². The number of aromatic nitrogens is 4. The van der Waals surface area contributed by atoms with Crippen molar-refractivity contribution in [1.29, 1.82) is 0 Å². The lowest BCUT2D eigenvalue weighted by Crippen LogP contribution is -2.22. The van der Waals surface area contributed by atoms with E-state index in [2.05, 4.69) is 10.4 Å². The minimum atomic E-state index is -0.447. The molecule has 0 unspecified atom stereocenters. The summed E-state index contributed by atoms with van der Waals surface area (Å²) in [6.45, 7) is 0. The van der Waals surface area contributed by atoms with Crippen LogP contribution in [0.2, 0.25) is 0 Å². The van der Waals surface area contributed by atoms with Gasteiger partial charge in [-0.15, -0.1) is 0 Å². The Bertz CT molecular complexity index is 575. The largest absolute Gasteiger partial charge is 0.494 e. The first-order valence-corrected chi connectivity index (χ1v) is 4.46. The summed E-state index contributed by atoms with van der Waals surface area (Å²) in [5.41, 5.74) is -0.0769. The van der Waals surface area contributed by atoms with E-state index in [0.717, 1.165) is 9.36 Å². The van der Waals surface area contributed by atoms with Gasteiger partial charge in [-0.25, -0.2) is 9.18 Å². The summed E-state index contributed by atoms with van der Waals surface area (Å²) < 4.78 is 20.0. The first-order chi connectivity index (χ1) is 7.63. The highest BCUT2D eigenvalue weighted by Crippen LogP contribution is 2.21. The Balaban J connectivity index is 2.64. The predicted octanol–water partition coefficient (Wildman–Crippen LogP) is 0.114. The number of ether oxygens (including phenoxy) is 1. The number of nitrogens with zero attached hydrogens (tertiary/aromatic N) is 4. The summed E-state index contributed by atoms with van der Waals surface area (Å²) in [6, 6.07) is 3.81. The van der Waals surface area contributed by atoms with Crippen LogP contribution in [0.3, 0.4) is 0 Å². The van der Waals surface area contributed by atoms with Crippen molar-refractivity contribution in [1.82, 2.24) is 19.8 Å². The fourth-order valence-electron chi connectivity index (χ4n) is 1.29. The van der Waals surface area contributed by atoms with E-state index in [0.29, 0.717) is 5.69 Å². The van der Waals surface area contributed by atoms with Crippen molar-refractivity contribution in [2.75, 3.05) is 7.11 Å². The maximum Gasteiger partial charge on any atom is 0.368 e. The number of tetrazole rings is 1. The van der Waals surface area contributed by atoms with Crippen LogP contribution < -0.4 is 10.4 Å². The zero-order valence-corrected chi connectivity index (χ0v) is 8.72. The fourth-order valence-corrected chi connectivity index (χ4v) is 1.29. The average molecular weight is 224 g/mol. The molecule has 16 heavy (non-hydrogen) atoms. The molecule has 0 fully saturated rings. The molecule has 1 aromatic carbocycles. The number of hydrogen-bond acceptors (Lipinski definition) is 4. The van der Waals surface area contributed by atoms with Crippen molar-refractivity contribution in [3.05, 3.63) is 34.5 Å². The summed E-state index contributed by atoms with van der Waals surface area (Å²) in [5.74, 6) is -0.222. The fraction of sp³-hybridized carbons (Fsp3) is 0.222. The van der Waals surface area contributed by atoms with E-state index < -0.39 is 11.5 Å². The molecule has 0 radical (unpaired) electrons. The molecule has 0 saturated heterocycles. The highest BCUT2D eigenvalue weighted by Gasteiger charge is 2.11. The van der Waals surface area contributed by atoms with E-state index in [1.54, 1.807) is 0 Å². The molecule has 0 bridgehead atoms. The quantitative estimate of drug-likeness (QED) is 0.726. The van der Waals surface area contributed by atoms with E-state index >= 15 is 0 Å². The lowest BCUT2D eigenvalue weighted by atomic mass is 10.3. The Morgan fingerprint density at radius 1 is 1.38 bits per heavy atom. The van der Waals surface area contributed by atoms with Gasteiger partial charge in [0.2, 0.25) is 0 Å². The summed E-state index contributed by atoms with van der Waals surface area (Å²) in [4.78, 5) is 11.6. The number of rotatable bonds is 2. The van der Waals surface area contributed by atoms with E-state index in [1.165, 1.54) is 32.4 Å². The van der Waals surface area contributed by atoms with Crippen LogP contribution in [-0.4, -0.2) is 26.9 Å². The van der Waals surface area contributed by atoms with Crippen LogP contribution in [0.25, 0.3) is 5.69 Å². The van der Waals surface area contributed by atoms with Gasteiger partial charge in [0.15, 0.2) is 0 Å². The van der Waals surface area contributed by atoms with Crippen molar-refractivity contribution < 1.29 is 9.13 Å². The average Bonchev–Trinajstić information content (AvgIpc) is 2.60. The number of hydrogen-bond donors (Lipinski definition) is 0. The van der Waals surface area contributed by atoms with Gasteiger partial charge >= 0.3 is 5.69 Å². The van der Waals surface area contributed by atoms with Crippen LogP contribution in [0.4, 0.5) is 4.39 Å². The molecule has 0 aliphatic carbocycles. The van der Waals surface area contributed by atoms with Gasteiger partial charge in [-0.3, -0.25) is 0 Å². The molecule has 2 aromatic rings. The molecule has 0 aliphatic heterocycles. The first kappa shape index (κ1) is 10.3. The summed E-state index contributed by atoms with van der Waals surface area (Å²) in [7, 11) is 2.86. The Labute approximate surface area is 89.9 Å². The van der Waals surface area contributed by atoms with Crippen LogP contribution in [0.5, 0.6) is 5.75 Å². The maximum absolute atomic E-state index is 12.9. The van der Waals surface area contributed by atoms with Crippen molar-refractivity contribution in [3.63, 3.8) is 0 Å². The van der Waals surface area contributed by atoms with E-state index in [4.69, 9.17) is 4.74 Å². The highest BCUT2D eigenvalue weighted by molar-refractivity contribution is 5.45. The van der Waals surface area contributed by atoms with Gasteiger partial charge in [-0.1, -0.05) is 0 Å². The molecule has 0 atom stereocenters. The molecule has 84 valence electrons. The predicted molar refractivity (Wildman–Crippen MR) is 53.1 cm³/mol. The van der Waals surface area contributed by atoms with E-state index in [9.17, 15) is 9.18 Å². The molecule has 2 rings (SSSR count). The summed E-state index contributed by atoms with van der Waals surface area (Å²) in [5, 5.41) is 7.20. The van der Waals surface area contributed by atoms with Crippen LogP contribution in [0.1, 0.15) is 0 Å². The molecule has 0 N–H and O–H groups in total. The monoisotopic (exact) mass is 224 g/mol. The Kier molecular flexibility index (Phi) is 2.43. The zero-order valence-electron chi connectivity index (χ0n) is 8.72. The summed E-state index contributed by atoms with van der Waals surface area (Å²) in [6.07, 6.45) is 0. The van der Waals surface area contributed by atoms with E-state index in [1.807, 2.05) is 0 Å². The van der Waals surface area contributed by atoms with Gasteiger partial charge in [0, 0.05) is 13.1 Å². The van der Waals surface area contributed by atoms with Crippen LogP contribution >= 0.6 is 0 Å². The third-order valence-corrected chi connectivity index (χ3v) is 2.09. The number of halogens is 1. The molecule has 0 spiro atoms. The lowest BCUT2D eigenvalue weighted by molar-refractivity contribution is 0.407. The number of benzene rings is 1. The molecule has 0 amide bonds. The van der Waals surface area contributed by atoms with Crippen LogP contribution in [0.15, 0.2) is 23.0 Å². The normalized spacial score (nSPS) is 10.4. The van der Waals surface area contributed by atoms with Crippen molar-refractivity contribution in [2.45, 2.75) is 0 Å². The number of aryl methyl sites for hydroxylation is 1. The molecule has 7 heteroatoms. The molecular weight excluding hydrogens is 215 g/mol. The second-order valence-corrected chi connectivity index (χ2v) is 3.11. The second-order valence-electron chi connectivity index (χ2n) is 3.11. The zero-order chi connectivity index (χ0) is 11.7. The van der Waals surface area contributed by atoms with Gasteiger partial charge in [-0.2, -0.15) is 9.36 Å². The molecule has 0 saturated carbocycles. The Hall–Kier alpha value is -2.18. The SMILES string of the molecule is COc1cc(F)ccc1-n1nnn(C)c1=O.